The number of nitrogens with zero attached hydrogens (tertiary/aromatic N) is 1. The first-order chi connectivity index (χ1) is 8.66. The molecule has 0 bridgehead atoms. The molecule has 1 aliphatic rings. The van der Waals surface area contributed by atoms with Gasteiger partial charge in [0, 0.05) is 23.5 Å². The molecular weight excluding hydrogens is 228 g/mol. The summed E-state index contributed by atoms with van der Waals surface area (Å²) in [7, 11) is 0. The fourth-order valence-electron chi connectivity index (χ4n) is 2.59. The van der Waals surface area contributed by atoms with E-state index in [1.807, 2.05) is 42.0 Å². The number of carbonyl (C=O) groups excluding carboxylic acids is 2. The van der Waals surface area contributed by atoms with Crippen LogP contribution in [0.5, 0.6) is 0 Å². The van der Waals surface area contributed by atoms with E-state index in [4.69, 9.17) is 0 Å². The van der Waals surface area contributed by atoms with Crippen molar-refractivity contribution in [2.45, 2.75) is 25.8 Å². The molecule has 1 N–H and O–H groups in total. The molecule has 2 heterocycles. The van der Waals surface area contributed by atoms with Crippen molar-refractivity contribution in [2.24, 2.45) is 0 Å². The van der Waals surface area contributed by atoms with Crippen LogP contribution in [0.4, 0.5) is 0 Å². The monoisotopic (exact) mass is 242 g/mol. The van der Waals surface area contributed by atoms with Crippen LogP contribution in [0.15, 0.2) is 30.5 Å². The van der Waals surface area contributed by atoms with Crippen LogP contribution in [-0.4, -0.2) is 16.4 Å². The Bertz CT molecular complexity index is 642. The summed E-state index contributed by atoms with van der Waals surface area (Å²) in [5, 5.41) is 3.56. The molecule has 4 heteroatoms. The summed E-state index contributed by atoms with van der Waals surface area (Å²) >= 11 is 0. The molecule has 0 spiro atoms. The SMILES string of the molecule is Cc1cn(C2CCC(=O)NC2=O)c2ccccc12. The molecular formula is C14H14N2O2. The Kier molecular flexibility index (Phi) is 2.44. The highest BCUT2D eigenvalue weighted by molar-refractivity contribution is 6.00. The van der Waals surface area contributed by atoms with Crippen molar-refractivity contribution in [1.29, 1.82) is 0 Å². The van der Waals surface area contributed by atoms with Crippen LogP contribution in [0.1, 0.15) is 24.4 Å². The maximum absolute atomic E-state index is 11.9. The molecule has 2 amide bonds. The highest BCUT2D eigenvalue weighted by atomic mass is 16.2. The minimum Gasteiger partial charge on any atom is -0.335 e. The van der Waals surface area contributed by atoms with Crippen LogP contribution < -0.4 is 5.32 Å². The third-order valence-corrected chi connectivity index (χ3v) is 3.49. The van der Waals surface area contributed by atoms with Gasteiger partial charge in [0.05, 0.1) is 0 Å². The average Bonchev–Trinajstić information content (AvgIpc) is 2.68. The highest BCUT2D eigenvalue weighted by Gasteiger charge is 2.28. The Hall–Kier alpha value is -2.10. The topological polar surface area (TPSA) is 51.1 Å². The van der Waals surface area contributed by atoms with Gasteiger partial charge in [-0.2, -0.15) is 0 Å². The molecule has 1 unspecified atom stereocenters. The normalized spacial score (nSPS) is 20.2. The third-order valence-electron chi connectivity index (χ3n) is 3.49. The lowest BCUT2D eigenvalue weighted by Gasteiger charge is -2.23. The van der Waals surface area contributed by atoms with E-state index in [9.17, 15) is 9.59 Å². The molecule has 0 saturated carbocycles. The van der Waals surface area contributed by atoms with Crippen molar-refractivity contribution in [3.8, 4) is 0 Å². The second kappa shape index (κ2) is 3.98. The van der Waals surface area contributed by atoms with Crippen LogP contribution in [0, 0.1) is 6.92 Å². The smallest absolute Gasteiger partial charge is 0.249 e. The summed E-state index contributed by atoms with van der Waals surface area (Å²) in [6.45, 7) is 2.03. The number of carbonyl (C=O) groups is 2. The van der Waals surface area contributed by atoms with E-state index in [1.165, 1.54) is 0 Å². The van der Waals surface area contributed by atoms with Crippen molar-refractivity contribution in [2.75, 3.05) is 0 Å². The lowest BCUT2D eigenvalue weighted by atomic mass is 10.1. The molecule has 3 rings (SSSR count). The van der Waals surface area contributed by atoms with E-state index in [-0.39, 0.29) is 17.9 Å². The van der Waals surface area contributed by atoms with Crippen molar-refractivity contribution < 1.29 is 9.59 Å². The molecule has 0 aliphatic carbocycles. The number of piperidine rings is 1. The van der Waals surface area contributed by atoms with Gasteiger partial charge in [0.25, 0.3) is 0 Å². The van der Waals surface area contributed by atoms with E-state index >= 15 is 0 Å². The number of amides is 2. The van der Waals surface area contributed by atoms with E-state index in [0.29, 0.717) is 12.8 Å². The van der Waals surface area contributed by atoms with Crippen molar-refractivity contribution in [3.63, 3.8) is 0 Å². The molecule has 1 atom stereocenters. The maximum atomic E-state index is 11.9. The number of nitrogens with one attached hydrogen (secondary N) is 1. The first kappa shape index (κ1) is 11.0. The molecule has 1 saturated heterocycles. The molecule has 1 aromatic carbocycles. The summed E-state index contributed by atoms with van der Waals surface area (Å²) in [5.74, 6) is -0.378. The summed E-state index contributed by atoms with van der Waals surface area (Å²) in [5.41, 5.74) is 2.19. The summed E-state index contributed by atoms with van der Waals surface area (Å²) in [4.78, 5) is 23.1. The Morgan fingerprint density at radius 1 is 1.28 bits per heavy atom. The molecule has 4 nitrogen and oxygen atoms in total. The summed E-state index contributed by atoms with van der Waals surface area (Å²) in [6.07, 6.45) is 2.97. The molecule has 92 valence electrons. The van der Waals surface area contributed by atoms with Crippen molar-refractivity contribution in [3.05, 3.63) is 36.0 Å². The quantitative estimate of drug-likeness (QED) is 0.777. The lowest BCUT2D eigenvalue weighted by molar-refractivity contribution is -0.135. The fourth-order valence-corrected chi connectivity index (χ4v) is 2.59. The van der Waals surface area contributed by atoms with Gasteiger partial charge < -0.3 is 4.57 Å². The zero-order chi connectivity index (χ0) is 12.7. The van der Waals surface area contributed by atoms with Gasteiger partial charge in [-0.1, -0.05) is 18.2 Å². The molecule has 1 aromatic heterocycles. The van der Waals surface area contributed by atoms with Gasteiger partial charge in [-0.05, 0) is 25.0 Å². The molecule has 18 heavy (non-hydrogen) atoms. The van der Waals surface area contributed by atoms with Gasteiger partial charge >= 0.3 is 0 Å². The number of para-hydroxylation sites is 1. The second-order valence-electron chi connectivity index (χ2n) is 4.70. The van der Waals surface area contributed by atoms with Gasteiger partial charge in [0.15, 0.2) is 0 Å². The highest BCUT2D eigenvalue weighted by Crippen LogP contribution is 2.27. The summed E-state index contributed by atoms with van der Waals surface area (Å²) < 4.78 is 1.98. The third kappa shape index (κ3) is 1.61. The number of hydrogen-bond donors (Lipinski definition) is 1. The largest absolute Gasteiger partial charge is 0.335 e. The van der Waals surface area contributed by atoms with E-state index < -0.39 is 0 Å². The predicted octanol–water partition coefficient (Wildman–Crippen LogP) is 1.93. The number of fused-ring (bicyclic) bond motifs is 1. The van der Waals surface area contributed by atoms with E-state index in [1.54, 1.807) is 0 Å². The zero-order valence-electron chi connectivity index (χ0n) is 10.1. The molecule has 0 radical (unpaired) electrons. The standard InChI is InChI=1S/C14H14N2O2/c1-9-8-16(11-5-3-2-4-10(9)11)12-6-7-13(17)15-14(12)18/h2-5,8,12H,6-7H2,1H3,(H,15,17,18). The number of rotatable bonds is 1. The number of hydrogen-bond acceptors (Lipinski definition) is 2. The minimum absolute atomic E-state index is 0.176. The van der Waals surface area contributed by atoms with Crippen LogP contribution in [-0.2, 0) is 9.59 Å². The number of aryl methyl sites for hydroxylation is 1. The van der Waals surface area contributed by atoms with Gasteiger partial charge in [0.1, 0.15) is 6.04 Å². The van der Waals surface area contributed by atoms with Gasteiger partial charge in [-0.15, -0.1) is 0 Å². The Balaban J connectivity index is 2.09. The zero-order valence-corrected chi connectivity index (χ0v) is 10.1. The Labute approximate surface area is 105 Å². The van der Waals surface area contributed by atoms with Crippen molar-refractivity contribution in [1.82, 2.24) is 9.88 Å². The minimum atomic E-state index is -0.277. The Morgan fingerprint density at radius 3 is 2.83 bits per heavy atom. The van der Waals surface area contributed by atoms with Crippen LogP contribution >= 0.6 is 0 Å². The van der Waals surface area contributed by atoms with Crippen LogP contribution in [0.2, 0.25) is 0 Å². The first-order valence-electron chi connectivity index (χ1n) is 6.06. The van der Waals surface area contributed by atoms with Gasteiger partial charge in [-0.3, -0.25) is 14.9 Å². The predicted molar refractivity (Wildman–Crippen MR) is 68.1 cm³/mol. The molecule has 2 aromatic rings. The maximum Gasteiger partial charge on any atom is 0.249 e. The lowest BCUT2D eigenvalue weighted by Crippen LogP contribution is -2.41. The molecule has 1 fully saturated rings. The first-order valence-corrected chi connectivity index (χ1v) is 6.06. The van der Waals surface area contributed by atoms with Gasteiger partial charge in [0.2, 0.25) is 11.8 Å². The molecule has 1 aliphatic heterocycles. The van der Waals surface area contributed by atoms with Gasteiger partial charge in [-0.25, -0.2) is 0 Å². The van der Waals surface area contributed by atoms with E-state index in [2.05, 4.69) is 5.32 Å². The number of benzene rings is 1. The van der Waals surface area contributed by atoms with Crippen LogP contribution in [0.3, 0.4) is 0 Å². The average molecular weight is 242 g/mol. The van der Waals surface area contributed by atoms with E-state index in [0.717, 1.165) is 16.5 Å². The number of imide groups is 1. The number of aromatic nitrogens is 1. The summed E-state index contributed by atoms with van der Waals surface area (Å²) in [6, 6.07) is 7.73. The second-order valence-corrected chi connectivity index (χ2v) is 4.70. The van der Waals surface area contributed by atoms with Crippen LogP contribution in [0.25, 0.3) is 10.9 Å². The fraction of sp³-hybridized carbons (Fsp3) is 0.286. The van der Waals surface area contributed by atoms with Crippen molar-refractivity contribution >= 4 is 22.7 Å². The Morgan fingerprint density at radius 2 is 2.06 bits per heavy atom.